The Kier molecular flexibility index (Phi) is 7.37. The average molecular weight is 390 g/mol. The fourth-order valence-corrected chi connectivity index (χ4v) is 2.66. The molecule has 0 aliphatic heterocycles. The van der Waals surface area contributed by atoms with Crippen molar-refractivity contribution in [3.05, 3.63) is 64.7 Å². The molecule has 0 heterocycles. The maximum absolute atomic E-state index is 12.2. The molecule has 1 amide bonds. The van der Waals surface area contributed by atoms with E-state index in [-0.39, 0.29) is 25.0 Å². The van der Waals surface area contributed by atoms with Crippen molar-refractivity contribution in [2.75, 3.05) is 7.11 Å². The minimum Gasteiger partial charge on any atom is -0.497 e. The van der Waals surface area contributed by atoms with Crippen LogP contribution in [0, 0.1) is 0 Å². The molecule has 7 heteroatoms. The summed E-state index contributed by atoms with van der Waals surface area (Å²) >= 11 is 5.84. The van der Waals surface area contributed by atoms with E-state index < -0.39 is 17.9 Å². The number of ketones is 1. The number of nitrogens with one attached hydrogen (secondary N) is 1. The minimum absolute atomic E-state index is 0.0264. The van der Waals surface area contributed by atoms with E-state index in [1.54, 1.807) is 48.5 Å². The molecular formula is C20H20ClNO5. The highest BCUT2D eigenvalue weighted by Gasteiger charge is 2.19. The summed E-state index contributed by atoms with van der Waals surface area (Å²) < 4.78 is 5.04. The van der Waals surface area contributed by atoms with Crippen molar-refractivity contribution in [1.29, 1.82) is 0 Å². The quantitative estimate of drug-likeness (QED) is 0.638. The molecule has 0 aliphatic carbocycles. The predicted octanol–water partition coefficient (Wildman–Crippen LogP) is 3.64. The fraction of sp³-hybridized carbons (Fsp3) is 0.250. The number of benzene rings is 2. The number of rotatable bonds is 9. The van der Waals surface area contributed by atoms with Crippen LogP contribution in [0.4, 0.5) is 0 Å². The van der Waals surface area contributed by atoms with Crippen LogP contribution in [-0.2, 0) is 9.59 Å². The molecule has 6 nitrogen and oxygen atoms in total. The van der Waals surface area contributed by atoms with Gasteiger partial charge in [0.1, 0.15) is 5.75 Å². The highest BCUT2D eigenvalue weighted by Crippen LogP contribution is 2.20. The first-order chi connectivity index (χ1) is 12.9. The summed E-state index contributed by atoms with van der Waals surface area (Å²) in [6, 6.07) is 12.5. The van der Waals surface area contributed by atoms with E-state index in [0.717, 1.165) is 0 Å². The maximum Gasteiger partial charge on any atom is 0.305 e. The van der Waals surface area contributed by atoms with Crippen molar-refractivity contribution in [1.82, 2.24) is 5.32 Å². The molecule has 142 valence electrons. The van der Waals surface area contributed by atoms with E-state index in [1.165, 1.54) is 7.11 Å². The summed E-state index contributed by atoms with van der Waals surface area (Å²) in [5.74, 6) is -0.958. The third-order valence-electron chi connectivity index (χ3n) is 3.98. The lowest BCUT2D eigenvalue weighted by Gasteiger charge is -2.17. The molecule has 0 fully saturated rings. The summed E-state index contributed by atoms with van der Waals surface area (Å²) in [5, 5.41) is 12.3. The van der Waals surface area contributed by atoms with E-state index in [4.69, 9.17) is 21.4 Å². The van der Waals surface area contributed by atoms with Gasteiger partial charge in [0.2, 0.25) is 5.91 Å². The number of hydrogen-bond donors (Lipinski definition) is 2. The van der Waals surface area contributed by atoms with Gasteiger partial charge in [-0.3, -0.25) is 14.4 Å². The molecule has 0 saturated carbocycles. The van der Waals surface area contributed by atoms with Crippen LogP contribution in [0.25, 0.3) is 0 Å². The zero-order chi connectivity index (χ0) is 19.8. The lowest BCUT2D eigenvalue weighted by Crippen LogP contribution is -2.30. The van der Waals surface area contributed by atoms with Gasteiger partial charge in [-0.15, -0.1) is 0 Å². The van der Waals surface area contributed by atoms with Crippen molar-refractivity contribution in [2.45, 2.75) is 25.3 Å². The molecule has 0 spiro atoms. The predicted molar refractivity (Wildman–Crippen MR) is 101 cm³/mol. The van der Waals surface area contributed by atoms with Crippen LogP contribution in [0.2, 0.25) is 5.02 Å². The second-order valence-corrected chi connectivity index (χ2v) is 6.36. The van der Waals surface area contributed by atoms with E-state index in [1.807, 2.05) is 0 Å². The number of halogens is 1. The Balaban J connectivity index is 1.95. The van der Waals surface area contributed by atoms with Gasteiger partial charge in [0, 0.05) is 23.4 Å². The minimum atomic E-state index is -1.04. The van der Waals surface area contributed by atoms with E-state index in [0.29, 0.717) is 21.9 Å². The van der Waals surface area contributed by atoms with Crippen LogP contribution in [0.5, 0.6) is 5.75 Å². The monoisotopic (exact) mass is 389 g/mol. The zero-order valence-electron chi connectivity index (χ0n) is 14.8. The first-order valence-corrected chi connectivity index (χ1v) is 8.70. The normalized spacial score (nSPS) is 11.5. The molecule has 1 atom stereocenters. The van der Waals surface area contributed by atoms with Crippen LogP contribution >= 0.6 is 11.6 Å². The van der Waals surface area contributed by atoms with Crippen LogP contribution in [0.15, 0.2) is 48.5 Å². The molecule has 27 heavy (non-hydrogen) atoms. The molecule has 0 unspecified atom stereocenters. The smallest absolute Gasteiger partial charge is 0.305 e. The summed E-state index contributed by atoms with van der Waals surface area (Å²) in [4.78, 5) is 35.5. The fourth-order valence-electron chi connectivity index (χ4n) is 2.54. The first-order valence-electron chi connectivity index (χ1n) is 8.33. The number of carbonyl (C=O) groups is 3. The summed E-state index contributed by atoms with van der Waals surface area (Å²) in [7, 11) is 1.54. The van der Waals surface area contributed by atoms with Gasteiger partial charge in [-0.05, 0) is 42.0 Å². The molecule has 0 aromatic heterocycles. The van der Waals surface area contributed by atoms with Crippen molar-refractivity contribution in [2.24, 2.45) is 0 Å². The summed E-state index contributed by atoms with van der Waals surface area (Å²) in [6.45, 7) is 0. The van der Waals surface area contributed by atoms with Crippen molar-refractivity contribution >= 4 is 29.3 Å². The standard InChI is InChI=1S/C20H20ClNO5/c1-27-16-8-4-14(5-9-16)18(23)10-11-19(24)22-17(12-20(25)26)13-2-6-15(21)7-3-13/h2-9,17H,10-12H2,1H3,(H,22,24)(H,25,26)/t17-/m0/s1. The Morgan fingerprint density at radius 3 is 2.22 bits per heavy atom. The number of amides is 1. The number of carbonyl (C=O) groups excluding carboxylic acids is 2. The van der Waals surface area contributed by atoms with Crippen LogP contribution in [-0.4, -0.2) is 29.9 Å². The van der Waals surface area contributed by atoms with Gasteiger partial charge < -0.3 is 15.2 Å². The second-order valence-electron chi connectivity index (χ2n) is 5.92. The highest BCUT2D eigenvalue weighted by molar-refractivity contribution is 6.30. The van der Waals surface area contributed by atoms with Crippen molar-refractivity contribution < 1.29 is 24.2 Å². The number of methoxy groups -OCH3 is 1. The Morgan fingerprint density at radius 2 is 1.67 bits per heavy atom. The van der Waals surface area contributed by atoms with Crippen molar-refractivity contribution in [3.8, 4) is 5.75 Å². The molecule has 2 aromatic rings. The molecule has 0 aliphatic rings. The van der Waals surface area contributed by atoms with Crippen LogP contribution in [0.3, 0.4) is 0 Å². The molecular weight excluding hydrogens is 370 g/mol. The molecule has 0 saturated heterocycles. The van der Waals surface area contributed by atoms with Gasteiger partial charge in [0.15, 0.2) is 5.78 Å². The number of carboxylic acid groups (broad SMARTS) is 1. The van der Waals surface area contributed by atoms with Gasteiger partial charge in [-0.2, -0.15) is 0 Å². The highest BCUT2D eigenvalue weighted by atomic mass is 35.5. The molecule has 0 bridgehead atoms. The first kappa shape index (κ1) is 20.5. The second kappa shape index (κ2) is 9.73. The number of Topliss-reactive ketones (excluding diaryl/α,β-unsaturated/α-hetero) is 1. The van der Waals surface area contributed by atoms with Crippen LogP contribution < -0.4 is 10.1 Å². The van der Waals surface area contributed by atoms with Gasteiger partial charge >= 0.3 is 5.97 Å². The van der Waals surface area contributed by atoms with E-state index in [2.05, 4.69) is 5.32 Å². The molecule has 2 rings (SSSR count). The summed E-state index contributed by atoms with van der Waals surface area (Å²) in [5.41, 5.74) is 1.13. The Morgan fingerprint density at radius 1 is 1.04 bits per heavy atom. The average Bonchev–Trinajstić information content (AvgIpc) is 2.66. The Bertz CT molecular complexity index is 802. The number of hydrogen-bond acceptors (Lipinski definition) is 4. The largest absolute Gasteiger partial charge is 0.497 e. The molecule has 0 radical (unpaired) electrons. The third kappa shape index (κ3) is 6.42. The number of ether oxygens (including phenoxy) is 1. The Labute approximate surface area is 162 Å². The molecule has 2 N–H and O–H groups in total. The topological polar surface area (TPSA) is 92.7 Å². The maximum atomic E-state index is 12.2. The van der Waals surface area contributed by atoms with Gasteiger partial charge in [-0.1, -0.05) is 23.7 Å². The Hall–Kier alpha value is -2.86. The SMILES string of the molecule is COc1ccc(C(=O)CCC(=O)N[C@@H](CC(=O)O)c2ccc(Cl)cc2)cc1. The van der Waals surface area contributed by atoms with Crippen molar-refractivity contribution in [3.63, 3.8) is 0 Å². The van der Waals surface area contributed by atoms with E-state index in [9.17, 15) is 14.4 Å². The van der Waals surface area contributed by atoms with Crippen LogP contribution in [0.1, 0.15) is 41.2 Å². The van der Waals surface area contributed by atoms with Gasteiger partial charge in [-0.25, -0.2) is 0 Å². The van der Waals surface area contributed by atoms with E-state index >= 15 is 0 Å². The number of aliphatic carboxylic acids is 1. The lowest BCUT2D eigenvalue weighted by atomic mass is 10.0. The van der Waals surface area contributed by atoms with Gasteiger partial charge in [0.05, 0.1) is 19.6 Å². The molecule has 2 aromatic carbocycles. The zero-order valence-corrected chi connectivity index (χ0v) is 15.5. The lowest BCUT2D eigenvalue weighted by molar-refractivity contribution is -0.137. The van der Waals surface area contributed by atoms with Gasteiger partial charge in [0.25, 0.3) is 0 Å². The third-order valence-corrected chi connectivity index (χ3v) is 4.23. The number of carboxylic acids is 1. The summed E-state index contributed by atoms with van der Waals surface area (Å²) in [6.07, 6.45) is -0.271.